The number of aryl methyl sites for hydroxylation is 1. The molecule has 0 saturated carbocycles. The Morgan fingerprint density at radius 3 is 2.57 bits per heavy atom. The lowest BCUT2D eigenvalue weighted by Gasteiger charge is -2.16. The molecule has 2 aromatic rings. The Hall–Kier alpha value is -1.38. The summed E-state index contributed by atoms with van der Waals surface area (Å²) < 4.78 is 1.93. The van der Waals surface area contributed by atoms with Crippen LogP contribution in [0.3, 0.4) is 0 Å². The number of aromatic nitrogens is 3. The Kier molecular flexibility index (Phi) is 1.84. The van der Waals surface area contributed by atoms with Gasteiger partial charge >= 0.3 is 0 Å². The van der Waals surface area contributed by atoms with Gasteiger partial charge in [-0.2, -0.15) is 5.10 Å². The van der Waals surface area contributed by atoms with E-state index in [-0.39, 0.29) is 5.41 Å². The first kappa shape index (κ1) is 9.19. The molecule has 0 N–H and O–H groups in total. The van der Waals surface area contributed by atoms with Gasteiger partial charge in [0, 0.05) is 5.41 Å². The topological polar surface area (TPSA) is 30.2 Å². The summed E-state index contributed by atoms with van der Waals surface area (Å²) in [6.45, 7) is 8.49. The Bertz CT molecular complexity index is 463. The molecule has 0 unspecified atom stereocenters. The molecule has 2 rings (SSSR count). The van der Waals surface area contributed by atoms with Crippen molar-refractivity contribution in [1.82, 2.24) is 14.6 Å². The Morgan fingerprint density at radius 2 is 1.93 bits per heavy atom. The van der Waals surface area contributed by atoms with Crippen LogP contribution in [0, 0.1) is 6.92 Å². The van der Waals surface area contributed by atoms with Gasteiger partial charge in [-0.25, -0.2) is 9.50 Å². The smallest absolute Gasteiger partial charge is 0.153 e. The summed E-state index contributed by atoms with van der Waals surface area (Å²) in [6, 6.07) is 3.98. The van der Waals surface area contributed by atoms with Crippen LogP contribution in [0.4, 0.5) is 0 Å². The maximum Gasteiger partial charge on any atom is 0.153 e. The zero-order chi connectivity index (χ0) is 10.3. The fourth-order valence-electron chi connectivity index (χ4n) is 1.48. The summed E-state index contributed by atoms with van der Waals surface area (Å²) in [4.78, 5) is 4.33. The molecule has 0 spiro atoms. The van der Waals surface area contributed by atoms with Crippen molar-refractivity contribution in [3.8, 4) is 0 Å². The normalized spacial score (nSPS) is 12.3. The maximum atomic E-state index is 4.46. The minimum Gasteiger partial charge on any atom is -0.235 e. The summed E-state index contributed by atoms with van der Waals surface area (Å²) in [5, 5.41) is 4.46. The highest BCUT2D eigenvalue weighted by molar-refractivity contribution is 5.40. The van der Waals surface area contributed by atoms with Crippen molar-refractivity contribution in [1.29, 1.82) is 0 Å². The van der Waals surface area contributed by atoms with Gasteiger partial charge in [-0.15, -0.1) is 0 Å². The van der Waals surface area contributed by atoms with Crippen LogP contribution in [0.25, 0.3) is 5.65 Å². The number of nitrogens with zero attached hydrogens (tertiary/aromatic N) is 3. The van der Waals surface area contributed by atoms with Crippen LogP contribution in [0.1, 0.15) is 32.2 Å². The molecule has 3 nitrogen and oxygen atoms in total. The fraction of sp³-hybridized carbons (Fsp3) is 0.455. The van der Waals surface area contributed by atoms with Gasteiger partial charge in [0.1, 0.15) is 0 Å². The number of hydrogen-bond acceptors (Lipinski definition) is 2. The van der Waals surface area contributed by atoms with Crippen LogP contribution in [0.15, 0.2) is 18.3 Å². The highest BCUT2D eigenvalue weighted by atomic mass is 15.3. The van der Waals surface area contributed by atoms with E-state index in [0.29, 0.717) is 0 Å². The predicted octanol–water partition coefficient (Wildman–Crippen LogP) is 2.34. The number of imidazole rings is 1. The second-order valence-electron chi connectivity index (χ2n) is 4.64. The van der Waals surface area contributed by atoms with Gasteiger partial charge < -0.3 is 0 Å². The molecule has 0 bridgehead atoms. The van der Waals surface area contributed by atoms with Gasteiger partial charge in [0.25, 0.3) is 0 Å². The molecule has 2 heterocycles. The highest BCUT2D eigenvalue weighted by Gasteiger charge is 2.19. The van der Waals surface area contributed by atoms with Crippen molar-refractivity contribution in [3.05, 3.63) is 29.7 Å². The van der Waals surface area contributed by atoms with E-state index in [1.165, 1.54) is 0 Å². The third-order valence-electron chi connectivity index (χ3n) is 2.26. The second-order valence-corrected chi connectivity index (χ2v) is 4.64. The molecular weight excluding hydrogens is 174 g/mol. The Morgan fingerprint density at radius 1 is 1.21 bits per heavy atom. The van der Waals surface area contributed by atoms with Crippen LogP contribution >= 0.6 is 0 Å². The van der Waals surface area contributed by atoms with E-state index in [0.717, 1.165) is 17.0 Å². The Labute approximate surface area is 83.8 Å². The molecular formula is C11H15N3. The first-order valence-corrected chi connectivity index (χ1v) is 4.80. The van der Waals surface area contributed by atoms with Gasteiger partial charge in [0.2, 0.25) is 0 Å². The lowest BCUT2D eigenvalue weighted by Crippen LogP contribution is -2.15. The molecule has 14 heavy (non-hydrogen) atoms. The van der Waals surface area contributed by atoms with Gasteiger partial charge in [-0.3, -0.25) is 0 Å². The minimum absolute atomic E-state index is 0.0835. The van der Waals surface area contributed by atoms with Crippen molar-refractivity contribution in [2.24, 2.45) is 0 Å². The van der Waals surface area contributed by atoms with E-state index in [4.69, 9.17) is 0 Å². The van der Waals surface area contributed by atoms with Crippen molar-refractivity contribution in [3.63, 3.8) is 0 Å². The van der Waals surface area contributed by atoms with Gasteiger partial charge in [-0.05, 0) is 19.1 Å². The van der Waals surface area contributed by atoms with E-state index in [2.05, 4.69) is 30.9 Å². The molecule has 0 amide bonds. The fourth-order valence-corrected chi connectivity index (χ4v) is 1.48. The van der Waals surface area contributed by atoms with E-state index in [1.54, 1.807) is 0 Å². The van der Waals surface area contributed by atoms with Crippen molar-refractivity contribution < 1.29 is 0 Å². The van der Waals surface area contributed by atoms with Crippen LogP contribution < -0.4 is 0 Å². The summed E-state index contributed by atoms with van der Waals surface area (Å²) in [5.41, 5.74) is 3.16. The quantitative estimate of drug-likeness (QED) is 0.636. The summed E-state index contributed by atoms with van der Waals surface area (Å²) in [6.07, 6.45) is 1.90. The number of fused-ring (bicyclic) bond motifs is 1. The first-order chi connectivity index (χ1) is 6.48. The average Bonchev–Trinajstić information content (AvgIpc) is 2.45. The molecule has 0 aliphatic heterocycles. The number of rotatable bonds is 0. The molecule has 0 saturated heterocycles. The van der Waals surface area contributed by atoms with Crippen molar-refractivity contribution in [2.75, 3.05) is 0 Å². The van der Waals surface area contributed by atoms with E-state index in [9.17, 15) is 0 Å². The van der Waals surface area contributed by atoms with E-state index in [1.807, 2.05) is 29.8 Å². The third kappa shape index (κ3) is 1.39. The van der Waals surface area contributed by atoms with Gasteiger partial charge in [0.15, 0.2) is 5.65 Å². The largest absolute Gasteiger partial charge is 0.235 e. The zero-order valence-electron chi connectivity index (χ0n) is 9.07. The Balaban J connectivity index is 2.73. The van der Waals surface area contributed by atoms with Crippen LogP contribution in [0.2, 0.25) is 0 Å². The first-order valence-electron chi connectivity index (χ1n) is 4.80. The SMILES string of the molecule is Cc1ccc2ncc(C(C)(C)C)n2n1. The van der Waals surface area contributed by atoms with Crippen molar-refractivity contribution in [2.45, 2.75) is 33.1 Å². The summed E-state index contributed by atoms with van der Waals surface area (Å²) >= 11 is 0. The lowest BCUT2D eigenvalue weighted by molar-refractivity contribution is 0.549. The third-order valence-corrected chi connectivity index (χ3v) is 2.26. The average molecular weight is 189 g/mol. The van der Waals surface area contributed by atoms with E-state index < -0.39 is 0 Å². The molecule has 0 aliphatic carbocycles. The zero-order valence-corrected chi connectivity index (χ0v) is 9.07. The molecule has 3 heteroatoms. The molecule has 0 fully saturated rings. The van der Waals surface area contributed by atoms with Crippen LogP contribution in [0.5, 0.6) is 0 Å². The maximum absolute atomic E-state index is 4.46. The molecule has 0 radical (unpaired) electrons. The van der Waals surface area contributed by atoms with Crippen LogP contribution in [-0.4, -0.2) is 14.6 Å². The van der Waals surface area contributed by atoms with Gasteiger partial charge in [-0.1, -0.05) is 20.8 Å². The second kappa shape index (κ2) is 2.80. The standard InChI is InChI=1S/C11H15N3/c1-8-5-6-10-12-7-9(11(2,3)4)14(10)13-8/h5-7H,1-4H3. The molecule has 0 aromatic carbocycles. The van der Waals surface area contributed by atoms with Crippen molar-refractivity contribution >= 4 is 5.65 Å². The highest BCUT2D eigenvalue weighted by Crippen LogP contribution is 2.22. The number of hydrogen-bond donors (Lipinski definition) is 0. The van der Waals surface area contributed by atoms with Crippen LogP contribution in [-0.2, 0) is 5.41 Å². The molecule has 0 aliphatic rings. The summed E-state index contributed by atoms with van der Waals surface area (Å²) in [5.74, 6) is 0. The summed E-state index contributed by atoms with van der Waals surface area (Å²) in [7, 11) is 0. The molecule has 74 valence electrons. The van der Waals surface area contributed by atoms with E-state index >= 15 is 0 Å². The minimum atomic E-state index is 0.0835. The van der Waals surface area contributed by atoms with Gasteiger partial charge in [0.05, 0.1) is 17.6 Å². The lowest BCUT2D eigenvalue weighted by atomic mass is 9.93. The molecule has 0 atom stereocenters. The molecule has 2 aromatic heterocycles. The predicted molar refractivity (Wildman–Crippen MR) is 56.4 cm³/mol. The monoisotopic (exact) mass is 189 g/mol.